The molecule has 0 radical (unpaired) electrons. The Kier molecular flexibility index (Phi) is 3.49. The second-order valence-electron chi connectivity index (χ2n) is 3.71. The molecule has 5 nitrogen and oxygen atoms in total. The molecule has 0 aliphatic carbocycles. The lowest BCUT2D eigenvalue weighted by atomic mass is 10.1. The largest absolute Gasteiger partial charge is 0.391 e. The molecule has 0 aromatic heterocycles. The number of rotatable bonds is 2. The van der Waals surface area contributed by atoms with E-state index in [1.807, 2.05) is 0 Å². The minimum Gasteiger partial charge on any atom is -0.391 e. The highest BCUT2D eigenvalue weighted by Crippen LogP contribution is 2.10. The third kappa shape index (κ3) is 3.63. The maximum atomic E-state index is 11.4. The van der Waals surface area contributed by atoms with Gasteiger partial charge in [-0.3, -0.25) is 4.79 Å². The van der Waals surface area contributed by atoms with Gasteiger partial charge in [-0.2, -0.15) is 0 Å². The van der Waals surface area contributed by atoms with Crippen molar-refractivity contribution in [2.75, 3.05) is 25.1 Å². The maximum Gasteiger partial charge on any atom is 0.237 e. The lowest BCUT2D eigenvalue weighted by molar-refractivity contribution is -0.131. The number of likely N-dealkylation sites (tertiary alicyclic amines) is 1. The number of aliphatic hydroxyl groups excluding tert-OH is 1. The summed E-state index contributed by atoms with van der Waals surface area (Å²) in [5, 5.41) is 9.28. The summed E-state index contributed by atoms with van der Waals surface area (Å²) in [5.41, 5.74) is 0. The van der Waals surface area contributed by atoms with Gasteiger partial charge in [0.05, 0.1) is 6.10 Å². The van der Waals surface area contributed by atoms with Crippen LogP contribution in [0.4, 0.5) is 0 Å². The molecule has 0 aromatic rings. The minimum absolute atomic E-state index is 0.258. The number of sulfone groups is 1. The SMILES string of the molecule is CS(=O)(=O)CC(=O)N1CCC[C@H](O)C1. The Morgan fingerprint density at radius 3 is 2.71 bits per heavy atom. The van der Waals surface area contributed by atoms with E-state index in [1.54, 1.807) is 0 Å². The minimum atomic E-state index is -3.26. The molecule has 1 saturated heterocycles. The van der Waals surface area contributed by atoms with Gasteiger partial charge in [0, 0.05) is 19.3 Å². The van der Waals surface area contributed by atoms with Crippen LogP contribution in [0.5, 0.6) is 0 Å². The average molecular weight is 221 g/mol. The smallest absolute Gasteiger partial charge is 0.237 e. The summed E-state index contributed by atoms with van der Waals surface area (Å²) in [6, 6.07) is 0. The molecule has 6 heteroatoms. The van der Waals surface area contributed by atoms with Crippen LogP contribution < -0.4 is 0 Å². The molecule has 0 unspecified atom stereocenters. The quantitative estimate of drug-likeness (QED) is 0.650. The first-order valence-electron chi connectivity index (χ1n) is 4.52. The summed E-state index contributed by atoms with van der Waals surface area (Å²) in [6.07, 6.45) is 1.94. The Morgan fingerprint density at radius 1 is 1.57 bits per heavy atom. The fraction of sp³-hybridized carbons (Fsp3) is 0.875. The van der Waals surface area contributed by atoms with Gasteiger partial charge in [-0.05, 0) is 12.8 Å². The zero-order valence-electron chi connectivity index (χ0n) is 8.14. The van der Waals surface area contributed by atoms with Crippen molar-refractivity contribution in [3.8, 4) is 0 Å². The molecule has 1 aliphatic rings. The summed E-state index contributed by atoms with van der Waals surface area (Å²) in [4.78, 5) is 12.8. The van der Waals surface area contributed by atoms with Crippen LogP contribution in [0.15, 0.2) is 0 Å². The Labute approximate surface area is 83.6 Å². The van der Waals surface area contributed by atoms with Crippen LogP contribution in [0, 0.1) is 0 Å². The van der Waals surface area contributed by atoms with E-state index in [4.69, 9.17) is 0 Å². The van der Waals surface area contributed by atoms with Gasteiger partial charge in [0.2, 0.25) is 5.91 Å². The van der Waals surface area contributed by atoms with Crippen molar-refractivity contribution in [1.29, 1.82) is 0 Å². The van der Waals surface area contributed by atoms with Crippen molar-refractivity contribution in [2.45, 2.75) is 18.9 Å². The van der Waals surface area contributed by atoms with Crippen LogP contribution >= 0.6 is 0 Å². The predicted octanol–water partition coefficient (Wildman–Crippen LogP) is -0.986. The lowest BCUT2D eigenvalue weighted by Gasteiger charge is -2.29. The summed E-state index contributed by atoms with van der Waals surface area (Å²) in [5.74, 6) is -0.869. The molecule has 14 heavy (non-hydrogen) atoms. The van der Waals surface area contributed by atoms with Crippen LogP contribution in [-0.4, -0.2) is 55.5 Å². The van der Waals surface area contributed by atoms with Crippen molar-refractivity contribution in [3.63, 3.8) is 0 Å². The van der Waals surface area contributed by atoms with Crippen LogP contribution in [0.1, 0.15) is 12.8 Å². The number of aliphatic hydroxyl groups is 1. The van der Waals surface area contributed by atoms with Crippen molar-refractivity contribution in [3.05, 3.63) is 0 Å². The zero-order valence-corrected chi connectivity index (χ0v) is 8.96. The number of amides is 1. The normalized spacial score (nSPS) is 23.6. The van der Waals surface area contributed by atoms with Gasteiger partial charge in [0.1, 0.15) is 5.75 Å². The van der Waals surface area contributed by atoms with Crippen LogP contribution in [0.3, 0.4) is 0 Å². The zero-order chi connectivity index (χ0) is 10.8. The van der Waals surface area contributed by atoms with Crippen LogP contribution in [-0.2, 0) is 14.6 Å². The predicted molar refractivity (Wildman–Crippen MR) is 51.5 cm³/mol. The molecule has 1 heterocycles. The van der Waals surface area contributed by atoms with Crippen molar-refractivity contribution < 1.29 is 18.3 Å². The Balaban J connectivity index is 2.52. The summed E-state index contributed by atoms with van der Waals surface area (Å²) >= 11 is 0. The van der Waals surface area contributed by atoms with E-state index in [-0.39, 0.29) is 6.54 Å². The number of hydrogen-bond donors (Lipinski definition) is 1. The molecule has 1 fully saturated rings. The number of carbonyl (C=O) groups excluding carboxylic acids is 1. The van der Waals surface area contributed by atoms with Gasteiger partial charge < -0.3 is 10.0 Å². The molecule has 1 aliphatic heterocycles. The first-order chi connectivity index (χ1) is 6.38. The van der Waals surface area contributed by atoms with Gasteiger partial charge in [0.25, 0.3) is 0 Å². The van der Waals surface area contributed by atoms with Crippen molar-refractivity contribution >= 4 is 15.7 Å². The Hall–Kier alpha value is -0.620. The Morgan fingerprint density at radius 2 is 2.21 bits per heavy atom. The van der Waals surface area contributed by atoms with Gasteiger partial charge in [0.15, 0.2) is 9.84 Å². The van der Waals surface area contributed by atoms with Crippen molar-refractivity contribution in [2.24, 2.45) is 0 Å². The molecular formula is C8H15NO4S. The first kappa shape index (κ1) is 11.5. The van der Waals surface area contributed by atoms with Crippen molar-refractivity contribution in [1.82, 2.24) is 4.90 Å². The molecule has 1 N–H and O–H groups in total. The van der Waals surface area contributed by atoms with Crippen LogP contribution in [0.2, 0.25) is 0 Å². The topological polar surface area (TPSA) is 74.7 Å². The third-order valence-corrected chi connectivity index (χ3v) is 2.91. The number of piperidine rings is 1. The summed E-state index contributed by atoms with van der Waals surface area (Å²) in [7, 11) is -3.26. The Bertz CT molecular complexity index is 311. The average Bonchev–Trinajstić information content (AvgIpc) is 2.01. The van der Waals surface area contributed by atoms with Gasteiger partial charge >= 0.3 is 0 Å². The number of hydrogen-bond acceptors (Lipinski definition) is 4. The highest BCUT2D eigenvalue weighted by molar-refractivity contribution is 7.91. The second-order valence-corrected chi connectivity index (χ2v) is 5.85. The van der Waals surface area contributed by atoms with Gasteiger partial charge in [-0.1, -0.05) is 0 Å². The lowest BCUT2D eigenvalue weighted by Crippen LogP contribution is -2.44. The van der Waals surface area contributed by atoms with Gasteiger partial charge in [-0.25, -0.2) is 8.42 Å². The molecule has 0 saturated carbocycles. The van der Waals surface area contributed by atoms with E-state index in [2.05, 4.69) is 0 Å². The third-order valence-electron chi connectivity index (χ3n) is 2.13. The van der Waals surface area contributed by atoms with E-state index in [1.165, 1.54) is 4.90 Å². The molecule has 1 rings (SSSR count). The fourth-order valence-corrected chi connectivity index (χ4v) is 2.13. The molecule has 1 atom stereocenters. The summed E-state index contributed by atoms with van der Waals surface area (Å²) in [6.45, 7) is 0.805. The van der Waals surface area contributed by atoms with Crippen LogP contribution in [0.25, 0.3) is 0 Å². The summed E-state index contributed by atoms with van der Waals surface area (Å²) < 4.78 is 21.7. The maximum absolute atomic E-state index is 11.4. The molecule has 0 bridgehead atoms. The van der Waals surface area contributed by atoms with E-state index < -0.39 is 27.6 Å². The number of β-amino-alcohol motifs (C(OH)–C–C–N with tert-alkyl or cyclic N) is 1. The van der Waals surface area contributed by atoms with Gasteiger partial charge in [-0.15, -0.1) is 0 Å². The highest BCUT2D eigenvalue weighted by atomic mass is 32.2. The van der Waals surface area contributed by atoms with E-state index >= 15 is 0 Å². The number of carbonyl (C=O) groups is 1. The second kappa shape index (κ2) is 4.27. The number of nitrogens with zero attached hydrogens (tertiary/aromatic N) is 1. The standard InChI is InChI=1S/C8H15NO4S/c1-14(12,13)6-8(11)9-4-2-3-7(10)5-9/h7,10H,2-6H2,1H3/t7-/m0/s1. The van der Waals surface area contributed by atoms with E-state index in [0.29, 0.717) is 13.0 Å². The molecular weight excluding hydrogens is 206 g/mol. The molecule has 82 valence electrons. The van der Waals surface area contributed by atoms with E-state index in [9.17, 15) is 18.3 Å². The fourth-order valence-electron chi connectivity index (χ4n) is 1.50. The molecule has 0 spiro atoms. The highest BCUT2D eigenvalue weighted by Gasteiger charge is 2.24. The monoisotopic (exact) mass is 221 g/mol. The molecule has 1 amide bonds. The van der Waals surface area contributed by atoms with E-state index in [0.717, 1.165) is 12.7 Å². The first-order valence-corrected chi connectivity index (χ1v) is 6.58. The molecule has 0 aromatic carbocycles.